The zero-order valence-electron chi connectivity index (χ0n) is 16.7. The van der Waals surface area contributed by atoms with Crippen LogP contribution in [0.3, 0.4) is 0 Å². The summed E-state index contributed by atoms with van der Waals surface area (Å²) >= 11 is 0. The van der Waals surface area contributed by atoms with E-state index in [1.807, 2.05) is 0 Å². The monoisotopic (exact) mass is 388 g/mol. The fourth-order valence-corrected chi connectivity index (χ4v) is 2.14. The second-order valence-electron chi connectivity index (χ2n) is 5.95. The number of hydrogen-bond acceptors (Lipinski definition) is 7. The molecule has 27 heavy (non-hydrogen) atoms. The van der Waals surface area contributed by atoms with Gasteiger partial charge in [0.2, 0.25) is 0 Å². The molecule has 0 aromatic carbocycles. The van der Waals surface area contributed by atoms with Crippen molar-refractivity contribution in [2.45, 2.75) is 51.9 Å². The highest BCUT2D eigenvalue weighted by Crippen LogP contribution is 2.07. The first-order chi connectivity index (χ1) is 13.2. The minimum Gasteiger partial charge on any atom is -0.463 e. The van der Waals surface area contributed by atoms with Crippen LogP contribution < -0.4 is 0 Å². The summed E-state index contributed by atoms with van der Waals surface area (Å²) in [7, 11) is 0. The Morgan fingerprint density at radius 1 is 0.704 bits per heavy atom. The van der Waals surface area contributed by atoms with Gasteiger partial charge in [0.15, 0.2) is 0 Å². The highest BCUT2D eigenvalue weighted by molar-refractivity contribution is 5.81. The maximum Gasteiger partial charge on any atom is 0.330 e. The van der Waals surface area contributed by atoms with E-state index in [1.165, 1.54) is 25.7 Å². The van der Waals surface area contributed by atoms with E-state index in [9.17, 15) is 9.59 Å². The molecule has 7 heteroatoms. The molecule has 0 fully saturated rings. The number of rotatable bonds is 20. The van der Waals surface area contributed by atoms with Gasteiger partial charge in [0, 0.05) is 12.5 Å². The Kier molecular flexibility index (Phi) is 19.8. The average molecular weight is 389 g/mol. The van der Waals surface area contributed by atoms with Crippen LogP contribution in [0.4, 0.5) is 0 Å². The Hall–Kier alpha value is -1.44. The van der Waals surface area contributed by atoms with Crippen LogP contribution in [0, 0.1) is 0 Å². The smallest absolute Gasteiger partial charge is 0.330 e. The van der Waals surface area contributed by atoms with Gasteiger partial charge < -0.3 is 23.7 Å². The molecule has 0 aromatic heterocycles. The second-order valence-corrected chi connectivity index (χ2v) is 5.95. The lowest BCUT2D eigenvalue weighted by atomic mass is 10.1. The lowest BCUT2D eigenvalue weighted by Gasteiger charge is -2.08. The molecular formula is C20H36O7. The Labute approximate surface area is 163 Å². The summed E-state index contributed by atoms with van der Waals surface area (Å²) in [4.78, 5) is 22.3. The van der Waals surface area contributed by atoms with Gasteiger partial charge in [-0.2, -0.15) is 0 Å². The summed E-state index contributed by atoms with van der Waals surface area (Å²) in [5.41, 5.74) is 0. The van der Waals surface area contributed by atoms with Gasteiger partial charge in [-0.3, -0.25) is 4.79 Å². The molecule has 158 valence electrons. The maximum atomic E-state index is 11.5. The quantitative estimate of drug-likeness (QED) is 0.180. The fourth-order valence-electron chi connectivity index (χ4n) is 2.14. The van der Waals surface area contributed by atoms with E-state index < -0.39 is 5.97 Å². The Morgan fingerprint density at radius 3 is 1.74 bits per heavy atom. The zero-order chi connectivity index (χ0) is 20.0. The van der Waals surface area contributed by atoms with E-state index in [-0.39, 0.29) is 19.2 Å². The van der Waals surface area contributed by atoms with Gasteiger partial charge in [-0.25, -0.2) is 4.79 Å². The predicted molar refractivity (Wildman–Crippen MR) is 103 cm³/mol. The number of hydrogen-bond donors (Lipinski definition) is 0. The predicted octanol–water partition coefficient (Wildman–Crippen LogP) is 3.06. The van der Waals surface area contributed by atoms with E-state index >= 15 is 0 Å². The lowest BCUT2D eigenvalue weighted by Crippen LogP contribution is -2.15. The molecule has 0 aliphatic carbocycles. The van der Waals surface area contributed by atoms with Crippen molar-refractivity contribution in [3.05, 3.63) is 12.7 Å². The third-order valence-electron chi connectivity index (χ3n) is 3.61. The summed E-state index contributed by atoms with van der Waals surface area (Å²) in [6, 6.07) is 0. The summed E-state index contributed by atoms with van der Waals surface area (Å²) in [5, 5.41) is 0. The van der Waals surface area contributed by atoms with Crippen molar-refractivity contribution in [3.8, 4) is 0 Å². The summed E-state index contributed by atoms with van der Waals surface area (Å²) in [6.45, 7) is 8.40. The molecule has 0 bridgehead atoms. The molecule has 0 aliphatic rings. The maximum absolute atomic E-state index is 11.5. The first kappa shape index (κ1) is 25.6. The molecule has 0 saturated carbocycles. The molecule has 0 N–H and O–H groups in total. The molecular weight excluding hydrogens is 352 g/mol. The Balaban J connectivity index is 3.16. The summed E-state index contributed by atoms with van der Waals surface area (Å²) < 4.78 is 25.7. The first-order valence-corrected chi connectivity index (χ1v) is 9.88. The zero-order valence-corrected chi connectivity index (χ0v) is 16.7. The van der Waals surface area contributed by atoms with Crippen LogP contribution in [0.2, 0.25) is 0 Å². The van der Waals surface area contributed by atoms with Gasteiger partial charge in [0.1, 0.15) is 13.2 Å². The minimum atomic E-state index is -0.458. The standard InChI is InChI=1S/C20H36O7/c1-3-5-6-7-8-9-10-20(22)27-18-16-25-14-12-23-11-13-24-15-17-26-19(21)4-2/h4H,2-3,5-18H2,1H3. The van der Waals surface area contributed by atoms with Gasteiger partial charge in [0.25, 0.3) is 0 Å². The topological polar surface area (TPSA) is 80.3 Å². The van der Waals surface area contributed by atoms with Crippen LogP contribution >= 0.6 is 0 Å². The van der Waals surface area contributed by atoms with Crippen molar-refractivity contribution < 1.29 is 33.3 Å². The molecule has 7 nitrogen and oxygen atoms in total. The molecule has 0 heterocycles. The molecule has 0 aliphatic heterocycles. The molecule has 0 amide bonds. The van der Waals surface area contributed by atoms with Crippen molar-refractivity contribution in [3.63, 3.8) is 0 Å². The number of unbranched alkanes of at least 4 members (excludes halogenated alkanes) is 5. The molecule has 0 saturated heterocycles. The van der Waals surface area contributed by atoms with Crippen LogP contribution in [0.15, 0.2) is 12.7 Å². The summed E-state index contributed by atoms with van der Waals surface area (Å²) in [5.74, 6) is -0.610. The van der Waals surface area contributed by atoms with Crippen LogP contribution in [-0.4, -0.2) is 64.8 Å². The van der Waals surface area contributed by atoms with Crippen LogP contribution in [0.5, 0.6) is 0 Å². The van der Waals surface area contributed by atoms with Gasteiger partial charge in [-0.15, -0.1) is 0 Å². The highest BCUT2D eigenvalue weighted by Gasteiger charge is 2.02. The van der Waals surface area contributed by atoms with Crippen LogP contribution in [-0.2, 0) is 33.3 Å². The van der Waals surface area contributed by atoms with E-state index in [1.54, 1.807) is 0 Å². The van der Waals surface area contributed by atoms with E-state index in [2.05, 4.69) is 13.5 Å². The molecule has 0 rings (SSSR count). The molecule has 0 radical (unpaired) electrons. The third-order valence-corrected chi connectivity index (χ3v) is 3.61. The van der Waals surface area contributed by atoms with E-state index in [0.29, 0.717) is 46.1 Å². The van der Waals surface area contributed by atoms with E-state index in [0.717, 1.165) is 18.9 Å². The van der Waals surface area contributed by atoms with Gasteiger partial charge in [-0.05, 0) is 6.42 Å². The van der Waals surface area contributed by atoms with Gasteiger partial charge in [0.05, 0.1) is 39.6 Å². The number of carbonyl (C=O) groups excluding carboxylic acids is 2. The van der Waals surface area contributed by atoms with Crippen molar-refractivity contribution >= 4 is 11.9 Å². The average Bonchev–Trinajstić information content (AvgIpc) is 2.67. The molecule has 0 aromatic rings. The van der Waals surface area contributed by atoms with Gasteiger partial charge >= 0.3 is 11.9 Å². The largest absolute Gasteiger partial charge is 0.463 e. The number of carbonyl (C=O) groups is 2. The SMILES string of the molecule is C=CC(=O)OCCOCCOCCOCCOC(=O)CCCCCCCC. The Morgan fingerprint density at radius 2 is 1.19 bits per heavy atom. The normalized spacial score (nSPS) is 10.6. The van der Waals surface area contributed by atoms with Gasteiger partial charge in [-0.1, -0.05) is 45.6 Å². The number of esters is 2. The highest BCUT2D eigenvalue weighted by atomic mass is 16.6. The van der Waals surface area contributed by atoms with Crippen molar-refractivity contribution in [2.75, 3.05) is 52.9 Å². The van der Waals surface area contributed by atoms with Crippen LogP contribution in [0.1, 0.15) is 51.9 Å². The third kappa shape index (κ3) is 20.7. The molecule has 0 unspecified atom stereocenters. The number of ether oxygens (including phenoxy) is 5. The molecule has 0 atom stereocenters. The lowest BCUT2D eigenvalue weighted by molar-refractivity contribution is -0.145. The summed E-state index contributed by atoms with van der Waals surface area (Å²) in [6.07, 6.45) is 8.53. The van der Waals surface area contributed by atoms with Crippen molar-refractivity contribution in [1.82, 2.24) is 0 Å². The second kappa shape index (κ2) is 20.9. The first-order valence-electron chi connectivity index (χ1n) is 9.88. The van der Waals surface area contributed by atoms with Crippen LogP contribution in [0.25, 0.3) is 0 Å². The van der Waals surface area contributed by atoms with Crippen molar-refractivity contribution in [1.29, 1.82) is 0 Å². The minimum absolute atomic E-state index is 0.152. The molecule has 0 spiro atoms. The fraction of sp³-hybridized carbons (Fsp3) is 0.800. The Bertz CT molecular complexity index is 371. The van der Waals surface area contributed by atoms with E-state index in [4.69, 9.17) is 23.7 Å². The van der Waals surface area contributed by atoms with Crippen molar-refractivity contribution in [2.24, 2.45) is 0 Å².